The topological polar surface area (TPSA) is 59.1 Å². The first-order valence-electron chi connectivity index (χ1n) is 8.93. The van der Waals surface area contributed by atoms with E-state index in [0.717, 1.165) is 18.4 Å². The number of carbonyl (C=O) groups excluding carboxylic acids is 2. The number of piperidine rings is 1. The van der Waals surface area contributed by atoms with E-state index in [1.165, 1.54) is 0 Å². The Labute approximate surface area is 148 Å². The molecule has 1 spiro atoms. The second kappa shape index (κ2) is 7.97. The van der Waals surface area contributed by atoms with Crippen molar-refractivity contribution in [1.29, 1.82) is 0 Å². The van der Waals surface area contributed by atoms with Crippen molar-refractivity contribution < 1.29 is 19.1 Å². The van der Waals surface area contributed by atoms with E-state index in [0.29, 0.717) is 45.8 Å². The average Bonchev–Trinajstić information content (AvgIpc) is 3.07. The van der Waals surface area contributed by atoms with Crippen LogP contribution in [0.5, 0.6) is 0 Å². The lowest BCUT2D eigenvalue weighted by Crippen LogP contribution is -2.47. The fraction of sp³-hybridized carbons (Fsp3) is 0.579. The van der Waals surface area contributed by atoms with E-state index in [1.807, 2.05) is 35.2 Å². The van der Waals surface area contributed by atoms with Crippen molar-refractivity contribution >= 4 is 11.8 Å². The third kappa shape index (κ3) is 4.58. The van der Waals surface area contributed by atoms with Crippen LogP contribution in [0.15, 0.2) is 30.3 Å². The first-order chi connectivity index (χ1) is 12.1. The summed E-state index contributed by atoms with van der Waals surface area (Å²) in [5.41, 5.74) is 1.07. The van der Waals surface area contributed by atoms with Gasteiger partial charge >= 0.3 is 0 Å². The summed E-state index contributed by atoms with van der Waals surface area (Å²) < 4.78 is 11.4. The summed E-state index contributed by atoms with van der Waals surface area (Å²) >= 11 is 0. The van der Waals surface area contributed by atoms with Crippen LogP contribution in [0, 0.1) is 0 Å². The number of benzene rings is 1. The number of hydrogen-bond acceptors (Lipinski definition) is 4. The summed E-state index contributed by atoms with van der Waals surface area (Å²) in [6.45, 7) is 5.11. The van der Waals surface area contributed by atoms with Crippen molar-refractivity contribution in [2.24, 2.45) is 0 Å². The smallest absolute Gasteiger partial charge is 0.224 e. The fourth-order valence-electron chi connectivity index (χ4n) is 3.42. The molecular weight excluding hydrogens is 320 g/mol. The Kier molecular flexibility index (Phi) is 5.71. The van der Waals surface area contributed by atoms with Crippen LogP contribution < -0.4 is 0 Å². The van der Waals surface area contributed by atoms with Gasteiger partial charge in [-0.2, -0.15) is 0 Å². The lowest BCUT2D eigenvalue weighted by atomic mass is 10.0. The monoisotopic (exact) mass is 346 g/mol. The zero-order valence-corrected chi connectivity index (χ0v) is 14.8. The van der Waals surface area contributed by atoms with Crippen LogP contribution in [-0.2, 0) is 25.6 Å². The van der Waals surface area contributed by atoms with Gasteiger partial charge in [-0.1, -0.05) is 30.3 Å². The largest absolute Gasteiger partial charge is 0.347 e. The Hall–Kier alpha value is -1.92. The van der Waals surface area contributed by atoms with Gasteiger partial charge in [0.25, 0.3) is 0 Å². The first kappa shape index (κ1) is 17.9. The summed E-state index contributed by atoms with van der Waals surface area (Å²) in [6.07, 6.45) is 1.79. The molecule has 1 aromatic carbocycles. The molecule has 0 aromatic heterocycles. The van der Waals surface area contributed by atoms with E-state index in [-0.39, 0.29) is 11.8 Å². The predicted octanol–water partition coefficient (Wildman–Crippen LogP) is 1.79. The molecule has 2 aliphatic heterocycles. The molecule has 0 atom stereocenters. The zero-order valence-electron chi connectivity index (χ0n) is 14.8. The van der Waals surface area contributed by atoms with Crippen molar-refractivity contribution in [1.82, 2.24) is 9.80 Å². The quantitative estimate of drug-likeness (QED) is 0.816. The number of hydrogen-bond donors (Lipinski definition) is 0. The third-order valence-electron chi connectivity index (χ3n) is 4.95. The average molecular weight is 346 g/mol. The lowest BCUT2D eigenvalue weighted by Gasteiger charge is -2.37. The van der Waals surface area contributed by atoms with Crippen LogP contribution in [0.2, 0.25) is 0 Å². The number of nitrogens with zero attached hydrogens (tertiary/aromatic N) is 2. The van der Waals surface area contributed by atoms with E-state index in [1.54, 1.807) is 11.8 Å². The molecule has 0 radical (unpaired) electrons. The van der Waals surface area contributed by atoms with Crippen LogP contribution in [0.25, 0.3) is 0 Å². The molecule has 3 rings (SSSR count). The van der Waals surface area contributed by atoms with E-state index in [9.17, 15) is 9.59 Å². The van der Waals surface area contributed by atoms with Crippen molar-refractivity contribution in [2.45, 2.75) is 38.5 Å². The molecular formula is C19H26N2O4. The van der Waals surface area contributed by atoms with E-state index >= 15 is 0 Å². The second-order valence-electron chi connectivity index (χ2n) is 6.66. The summed E-state index contributed by atoms with van der Waals surface area (Å²) in [6, 6.07) is 9.84. The van der Waals surface area contributed by atoms with Crippen molar-refractivity contribution in [3.05, 3.63) is 35.9 Å². The molecule has 2 saturated heterocycles. The molecule has 6 nitrogen and oxygen atoms in total. The lowest BCUT2D eigenvalue weighted by molar-refractivity contribution is -0.187. The zero-order chi connectivity index (χ0) is 17.7. The maximum Gasteiger partial charge on any atom is 0.224 e. The van der Waals surface area contributed by atoms with Crippen LogP contribution in [0.4, 0.5) is 0 Å². The van der Waals surface area contributed by atoms with Gasteiger partial charge in [0.15, 0.2) is 5.79 Å². The molecule has 136 valence electrons. The molecule has 1 aromatic rings. The fourth-order valence-corrected chi connectivity index (χ4v) is 3.42. The molecule has 6 heteroatoms. The Balaban J connectivity index is 1.47. The Morgan fingerprint density at radius 1 is 1.12 bits per heavy atom. The molecule has 2 fully saturated rings. The summed E-state index contributed by atoms with van der Waals surface area (Å²) in [5.74, 6) is -0.385. The highest BCUT2D eigenvalue weighted by Crippen LogP contribution is 2.31. The van der Waals surface area contributed by atoms with E-state index in [4.69, 9.17) is 9.47 Å². The Bertz CT molecular complexity index is 589. The summed E-state index contributed by atoms with van der Waals surface area (Å²) in [4.78, 5) is 27.9. The van der Waals surface area contributed by atoms with E-state index in [2.05, 4.69) is 0 Å². The molecule has 0 unspecified atom stereocenters. The van der Waals surface area contributed by atoms with Gasteiger partial charge in [0, 0.05) is 52.4 Å². The van der Waals surface area contributed by atoms with Crippen LogP contribution in [-0.4, -0.2) is 60.2 Å². The minimum atomic E-state index is -0.463. The van der Waals surface area contributed by atoms with Gasteiger partial charge in [-0.05, 0) is 5.56 Å². The minimum absolute atomic E-state index is 0.0120. The maximum absolute atomic E-state index is 12.5. The van der Waals surface area contributed by atoms with Gasteiger partial charge in [-0.15, -0.1) is 0 Å². The molecule has 2 aliphatic rings. The van der Waals surface area contributed by atoms with Crippen molar-refractivity contribution in [3.63, 3.8) is 0 Å². The van der Waals surface area contributed by atoms with Crippen LogP contribution in [0.3, 0.4) is 0 Å². The van der Waals surface area contributed by atoms with Gasteiger partial charge in [0.1, 0.15) is 0 Å². The highest BCUT2D eigenvalue weighted by Gasteiger charge is 2.40. The minimum Gasteiger partial charge on any atom is -0.347 e. The summed E-state index contributed by atoms with van der Waals surface area (Å²) in [7, 11) is 0. The molecule has 2 heterocycles. The molecule has 2 amide bonds. The van der Waals surface area contributed by atoms with Gasteiger partial charge in [0.05, 0.1) is 13.2 Å². The van der Waals surface area contributed by atoms with E-state index < -0.39 is 5.79 Å². The number of carbonyl (C=O) groups is 2. The van der Waals surface area contributed by atoms with Crippen molar-refractivity contribution in [2.75, 3.05) is 32.8 Å². The van der Waals surface area contributed by atoms with Crippen molar-refractivity contribution in [3.8, 4) is 0 Å². The van der Waals surface area contributed by atoms with Crippen LogP contribution >= 0.6 is 0 Å². The molecule has 0 bridgehead atoms. The highest BCUT2D eigenvalue weighted by molar-refractivity contribution is 5.78. The number of amides is 2. The maximum atomic E-state index is 12.5. The molecule has 0 aliphatic carbocycles. The van der Waals surface area contributed by atoms with Gasteiger partial charge in [0.2, 0.25) is 11.8 Å². The Morgan fingerprint density at radius 3 is 2.36 bits per heavy atom. The highest BCUT2D eigenvalue weighted by atomic mass is 16.7. The summed E-state index contributed by atoms with van der Waals surface area (Å²) in [5, 5.41) is 0. The molecule has 0 saturated carbocycles. The third-order valence-corrected chi connectivity index (χ3v) is 4.95. The van der Waals surface area contributed by atoms with Gasteiger partial charge in [-0.3, -0.25) is 9.59 Å². The predicted molar refractivity (Wildman–Crippen MR) is 92.6 cm³/mol. The standard InChI is InChI=1S/C19H26N2O4/c1-16(22)21(15-17-5-3-2-4-6-17)10-7-18(23)20-11-8-19(9-12-20)24-13-14-25-19/h2-6H,7-15H2,1H3. The number of likely N-dealkylation sites (tertiary alicyclic amines) is 1. The first-order valence-corrected chi connectivity index (χ1v) is 8.93. The number of ether oxygens (including phenoxy) is 2. The second-order valence-corrected chi connectivity index (χ2v) is 6.66. The normalized spacial score (nSPS) is 19.2. The van der Waals surface area contributed by atoms with Gasteiger partial charge < -0.3 is 19.3 Å². The molecule has 0 N–H and O–H groups in total. The van der Waals surface area contributed by atoms with Gasteiger partial charge in [-0.25, -0.2) is 0 Å². The SMILES string of the molecule is CC(=O)N(CCC(=O)N1CCC2(CC1)OCCO2)Cc1ccccc1. The number of rotatable bonds is 5. The Morgan fingerprint density at radius 2 is 1.76 bits per heavy atom. The van der Waals surface area contributed by atoms with Crippen LogP contribution in [0.1, 0.15) is 31.7 Å². The molecule has 25 heavy (non-hydrogen) atoms.